The lowest BCUT2D eigenvalue weighted by Gasteiger charge is -2.23. The summed E-state index contributed by atoms with van der Waals surface area (Å²) in [6, 6.07) is 0. The van der Waals surface area contributed by atoms with Gasteiger partial charge in [-0.15, -0.1) is 0 Å². The monoisotopic (exact) mass is 282 g/mol. The lowest BCUT2D eigenvalue weighted by Crippen LogP contribution is -2.48. The summed E-state index contributed by atoms with van der Waals surface area (Å²) >= 11 is 0. The first kappa shape index (κ1) is 19.5. The van der Waals surface area contributed by atoms with Crippen LogP contribution in [0.15, 0.2) is 0 Å². The van der Waals surface area contributed by atoms with Gasteiger partial charge >= 0.3 is 5.97 Å². The molecule has 0 fully saturated rings. The summed E-state index contributed by atoms with van der Waals surface area (Å²) in [5.41, 5.74) is 9.34. The van der Waals surface area contributed by atoms with Crippen molar-refractivity contribution in [3.63, 3.8) is 0 Å². The summed E-state index contributed by atoms with van der Waals surface area (Å²) in [7, 11) is 0. The molecule has 0 radical (unpaired) electrons. The molecule has 19 heavy (non-hydrogen) atoms. The van der Waals surface area contributed by atoms with Crippen molar-refractivity contribution in [3.8, 4) is 0 Å². The van der Waals surface area contributed by atoms with Crippen LogP contribution < -0.4 is 11.5 Å². The smallest absolute Gasteiger partial charge is 0.335 e. The van der Waals surface area contributed by atoms with E-state index in [1.54, 1.807) is 0 Å². The number of carboxylic acid groups (broad SMARTS) is 1. The highest BCUT2D eigenvalue weighted by molar-refractivity contribution is 6.36. The number of hydrogen-bond donors (Lipinski definition) is 10. The van der Waals surface area contributed by atoms with Gasteiger partial charge in [0.25, 0.3) is 0 Å². The van der Waals surface area contributed by atoms with Crippen LogP contribution in [0.25, 0.3) is 0 Å². The fraction of sp³-hybridized carbons (Fsp3) is 0.625. The molecule has 0 unspecified atom stereocenters. The molecule has 0 bridgehead atoms. The van der Waals surface area contributed by atoms with E-state index < -0.39 is 37.0 Å². The Bertz CT molecular complexity index is 312. The van der Waals surface area contributed by atoms with Crippen LogP contribution in [0.5, 0.6) is 0 Å². The second-order valence-electron chi connectivity index (χ2n) is 3.34. The second kappa shape index (κ2) is 9.18. The Morgan fingerprint density at radius 1 is 1.00 bits per heavy atom. The van der Waals surface area contributed by atoms with Gasteiger partial charge in [0.05, 0.1) is 6.61 Å². The molecule has 0 aromatic rings. The minimum atomic E-state index is -2.20. The number of hydrogen-bond acceptors (Lipinski definition) is 8. The fourth-order valence-corrected chi connectivity index (χ4v) is 0.668. The van der Waals surface area contributed by atoms with Crippen LogP contribution in [0.4, 0.5) is 0 Å². The van der Waals surface area contributed by atoms with E-state index in [9.17, 15) is 4.79 Å². The largest absolute Gasteiger partial charge is 0.479 e. The summed E-state index contributed by atoms with van der Waals surface area (Å²) in [4.78, 5) is 10.1. The molecule has 0 heterocycles. The Morgan fingerprint density at radius 2 is 1.37 bits per heavy atom. The zero-order valence-corrected chi connectivity index (χ0v) is 9.76. The van der Waals surface area contributed by atoms with Crippen LogP contribution in [0.1, 0.15) is 0 Å². The van der Waals surface area contributed by atoms with Crippen molar-refractivity contribution in [1.82, 2.24) is 0 Å². The van der Waals surface area contributed by atoms with Crippen molar-refractivity contribution in [2.45, 2.75) is 24.4 Å². The van der Waals surface area contributed by atoms with E-state index in [-0.39, 0.29) is 11.7 Å². The van der Waals surface area contributed by atoms with Gasteiger partial charge in [-0.1, -0.05) is 0 Å². The van der Waals surface area contributed by atoms with Crippen molar-refractivity contribution >= 4 is 17.6 Å². The van der Waals surface area contributed by atoms with Crippen LogP contribution in [0.2, 0.25) is 0 Å². The number of nitrogens with two attached hydrogens (primary N) is 2. The highest BCUT2D eigenvalue weighted by Crippen LogP contribution is 2.04. The Kier molecular flexibility index (Phi) is 9.45. The predicted octanol–water partition coefficient (Wildman–Crippen LogP) is -4.63. The second-order valence-corrected chi connectivity index (χ2v) is 3.34. The van der Waals surface area contributed by atoms with Crippen molar-refractivity contribution < 1.29 is 35.4 Å². The average molecular weight is 282 g/mol. The zero-order valence-electron chi connectivity index (χ0n) is 9.76. The maximum atomic E-state index is 10.1. The Balaban J connectivity index is 0. The zero-order chi connectivity index (χ0) is 15.7. The summed E-state index contributed by atoms with van der Waals surface area (Å²) in [5, 5.41) is 64.6. The molecule has 0 aromatic heterocycles. The van der Waals surface area contributed by atoms with Crippen LogP contribution in [0, 0.1) is 10.8 Å². The van der Waals surface area contributed by atoms with Crippen molar-refractivity contribution in [3.05, 3.63) is 0 Å². The Hall–Kier alpha value is -1.79. The van der Waals surface area contributed by atoms with Crippen LogP contribution >= 0.6 is 0 Å². The number of aliphatic hydroxyl groups is 5. The average Bonchev–Trinajstić information content (AvgIpc) is 2.35. The van der Waals surface area contributed by atoms with E-state index in [0.717, 1.165) is 0 Å². The first-order valence-corrected chi connectivity index (χ1v) is 4.80. The van der Waals surface area contributed by atoms with Crippen LogP contribution in [-0.2, 0) is 4.79 Å². The van der Waals surface area contributed by atoms with Crippen LogP contribution in [-0.4, -0.2) is 79.3 Å². The molecular weight excluding hydrogens is 264 g/mol. The standard InChI is InChI=1S/C6H12O7.C2H6N4/c7-1-2(8)3(9)4(10)5(11)6(12)13;3-1(4)2(5)6/h2-5,7-11H,1H2,(H,12,13);(H3,3,4)(H3,5,6)/t2-,3-,4+,5-;/m1./s1. The van der Waals surface area contributed by atoms with Gasteiger partial charge in [0.1, 0.15) is 18.3 Å². The van der Waals surface area contributed by atoms with Crippen molar-refractivity contribution in [2.24, 2.45) is 11.5 Å². The summed E-state index contributed by atoms with van der Waals surface area (Å²) in [6.45, 7) is -0.843. The minimum Gasteiger partial charge on any atom is -0.479 e. The molecule has 11 heteroatoms. The van der Waals surface area contributed by atoms with E-state index in [1.165, 1.54) is 0 Å². The summed E-state index contributed by atoms with van der Waals surface area (Å²) in [6.07, 6.45) is -7.84. The maximum Gasteiger partial charge on any atom is 0.335 e. The minimum absolute atomic E-state index is 0.380. The first-order valence-electron chi connectivity index (χ1n) is 4.80. The highest BCUT2D eigenvalue weighted by Gasteiger charge is 2.33. The first-order chi connectivity index (χ1) is 8.56. The number of nitrogens with one attached hydrogen (secondary N) is 2. The summed E-state index contributed by atoms with van der Waals surface area (Å²) in [5.74, 6) is -2.48. The van der Waals surface area contributed by atoms with E-state index in [1.807, 2.05) is 0 Å². The number of aliphatic carboxylic acids is 1. The lowest BCUT2D eigenvalue weighted by molar-refractivity contribution is -0.164. The molecule has 0 spiro atoms. The molecule has 0 rings (SSSR count). The molecule has 0 saturated heterocycles. The molecule has 112 valence electrons. The van der Waals surface area contributed by atoms with Gasteiger partial charge in [0.2, 0.25) is 0 Å². The van der Waals surface area contributed by atoms with E-state index in [2.05, 4.69) is 11.5 Å². The van der Waals surface area contributed by atoms with Crippen molar-refractivity contribution in [2.75, 3.05) is 6.61 Å². The number of carbonyl (C=O) groups is 1. The lowest BCUT2D eigenvalue weighted by atomic mass is 10.0. The normalized spacial score (nSPS) is 16.3. The topological polar surface area (TPSA) is 238 Å². The number of rotatable bonds is 5. The van der Waals surface area contributed by atoms with E-state index >= 15 is 0 Å². The molecule has 0 saturated carbocycles. The third-order valence-corrected chi connectivity index (χ3v) is 1.80. The molecular formula is C8H18N4O7. The molecule has 0 aromatic carbocycles. The SMILES string of the molecule is N=C(N)C(=N)N.O=C(O)[C@H](O)[C@@H](O)[C@H](O)[C@H](O)CO. The van der Waals surface area contributed by atoms with Crippen molar-refractivity contribution in [1.29, 1.82) is 10.8 Å². The third kappa shape index (κ3) is 8.01. The fourth-order valence-electron chi connectivity index (χ4n) is 0.668. The summed E-state index contributed by atoms with van der Waals surface area (Å²) < 4.78 is 0. The van der Waals surface area contributed by atoms with E-state index in [0.29, 0.717) is 0 Å². The molecule has 12 N–H and O–H groups in total. The van der Waals surface area contributed by atoms with Gasteiger partial charge in [0.15, 0.2) is 17.8 Å². The van der Waals surface area contributed by atoms with Gasteiger partial charge in [-0.3, -0.25) is 10.8 Å². The van der Waals surface area contributed by atoms with E-state index in [4.69, 9.17) is 41.5 Å². The number of carboxylic acids is 1. The molecule has 11 nitrogen and oxygen atoms in total. The third-order valence-electron chi connectivity index (χ3n) is 1.80. The quantitative estimate of drug-likeness (QED) is 0.172. The Morgan fingerprint density at radius 3 is 1.58 bits per heavy atom. The number of aliphatic hydroxyl groups excluding tert-OH is 5. The van der Waals surface area contributed by atoms with Crippen LogP contribution in [0.3, 0.4) is 0 Å². The predicted molar refractivity (Wildman–Crippen MR) is 62.6 cm³/mol. The molecule has 0 aliphatic carbocycles. The Labute approximate surface area is 107 Å². The van der Waals surface area contributed by atoms with Gasteiger partial charge in [-0.05, 0) is 0 Å². The maximum absolute atomic E-state index is 10.1. The highest BCUT2D eigenvalue weighted by atomic mass is 16.4. The molecule has 4 atom stereocenters. The number of amidine groups is 2. The molecule has 0 amide bonds. The van der Waals surface area contributed by atoms with Gasteiger partial charge in [-0.2, -0.15) is 0 Å². The van der Waals surface area contributed by atoms with Gasteiger partial charge in [-0.25, -0.2) is 4.79 Å². The van der Waals surface area contributed by atoms with Gasteiger partial charge < -0.3 is 42.1 Å². The molecule has 0 aliphatic heterocycles. The molecule has 0 aliphatic rings. The van der Waals surface area contributed by atoms with Gasteiger partial charge in [0, 0.05) is 0 Å².